The Hall–Kier alpha value is -2.15. The molecule has 5 nitrogen and oxygen atoms in total. The van der Waals surface area contributed by atoms with E-state index in [4.69, 9.17) is 23.2 Å². The van der Waals surface area contributed by atoms with E-state index < -0.39 is 6.04 Å². The van der Waals surface area contributed by atoms with Gasteiger partial charge in [0.1, 0.15) is 0 Å². The van der Waals surface area contributed by atoms with E-state index in [1.165, 1.54) is 4.90 Å². The standard InChI is InChI=1S/C24H19BrCl2N2O3/c25-15-3-1-2-12(9-15)19(11-20(30)28-18-7-6-16(26)10-17(18)27)29-23(31)21-13-4-5-14(8-13)22(21)24(29)32/h1-7,9-10,13-14,19,21-22H,8,11H2,(H,28,30). The molecule has 1 aliphatic heterocycles. The third-order valence-electron chi connectivity index (χ3n) is 6.63. The minimum absolute atomic E-state index is 0.0743. The minimum atomic E-state index is -0.705. The lowest BCUT2D eigenvalue weighted by molar-refractivity contribution is -0.144. The van der Waals surface area contributed by atoms with E-state index >= 15 is 0 Å². The van der Waals surface area contributed by atoms with Crippen molar-refractivity contribution < 1.29 is 14.4 Å². The van der Waals surface area contributed by atoms with Crippen molar-refractivity contribution in [2.24, 2.45) is 23.7 Å². The maximum absolute atomic E-state index is 13.4. The molecule has 1 N–H and O–H groups in total. The van der Waals surface area contributed by atoms with Crippen LogP contribution in [0.25, 0.3) is 0 Å². The molecule has 1 saturated heterocycles. The van der Waals surface area contributed by atoms with Crippen molar-refractivity contribution in [3.05, 3.63) is 74.7 Å². The first-order valence-electron chi connectivity index (χ1n) is 10.4. The lowest BCUT2D eigenvalue weighted by atomic mass is 9.85. The van der Waals surface area contributed by atoms with E-state index in [2.05, 4.69) is 33.4 Å². The van der Waals surface area contributed by atoms with Gasteiger partial charge in [0.25, 0.3) is 0 Å². The van der Waals surface area contributed by atoms with Crippen molar-refractivity contribution in [3.63, 3.8) is 0 Å². The van der Waals surface area contributed by atoms with Gasteiger partial charge in [-0.15, -0.1) is 0 Å². The van der Waals surface area contributed by atoms with Gasteiger partial charge in [0.2, 0.25) is 17.7 Å². The molecule has 32 heavy (non-hydrogen) atoms. The van der Waals surface area contributed by atoms with Crippen LogP contribution in [0.5, 0.6) is 0 Å². The van der Waals surface area contributed by atoms with Crippen LogP contribution in [0.3, 0.4) is 0 Å². The molecule has 0 aromatic heterocycles. The average Bonchev–Trinajstić information content (AvgIpc) is 3.43. The Labute approximate surface area is 203 Å². The summed E-state index contributed by atoms with van der Waals surface area (Å²) < 4.78 is 0.808. The van der Waals surface area contributed by atoms with Gasteiger partial charge in [-0.2, -0.15) is 0 Å². The van der Waals surface area contributed by atoms with Crippen molar-refractivity contribution in [2.75, 3.05) is 5.32 Å². The zero-order valence-electron chi connectivity index (χ0n) is 16.8. The fourth-order valence-corrected chi connectivity index (χ4v) is 6.15. The van der Waals surface area contributed by atoms with Gasteiger partial charge in [0.05, 0.1) is 35.0 Å². The molecule has 1 saturated carbocycles. The number of anilines is 1. The number of amides is 3. The van der Waals surface area contributed by atoms with Gasteiger partial charge in [-0.3, -0.25) is 19.3 Å². The summed E-state index contributed by atoms with van der Waals surface area (Å²) in [5.74, 6) is -1.13. The quantitative estimate of drug-likeness (QED) is 0.400. The Balaban J connectivity index is 1.45. The maximum Gasteiger partial charge on any atom is 0.234 e. The summed E-state index contributed by atoms with van der Waals surface area (Å²) in [5.41, 5.74) is 1.14. The molecule has 2 aliphatic carbocycles. The van der Waals surface area contributed by atoms with Crippen LogP contribution in [0.2, 0.25) is 10.0 Å². The predicted octanol–water partition coefficient (Wildman–Crippen LogP) is 5.63. The third-order valence-corrected chi connectivity index (χ3v) is 7.67. The monoisotopic (exact) mass is 532 g/mol. The van der Waals surface area contributed by atoms with Crippen LogP contribution >= 0.6 is 39.1 Å². The first kappa shape index (κ1) is 21.7. The van der Waals surface area contributed by atoms with E-state index in [0.717, 1.165) is 16.5 Å². The van der Waals surface area contributed by atoms with Gasteiger partial charge in [-0.25, -0.2) is 0 Å². The van der Waals surface area contributed by atoms with Crippen LogP contribution in [-0.2, 0) is 14.4 Å². The molecule has 8 heteroatoms. The van der Waals surface area contributed by atoms with E-state index in [1.807, 2.05) is 24.3 Å². The molecule has 2 aromatic carbocycles. The summed E-state index contributed by atoms with van der Waals surface area (Å²) >= 11 is 15.6. The summed E-state index contributed by atoms with van der Waals surface area (Å²) in [6.07, 6.45) is 4.90. The molecule has 0 spiro atoms. The Morgan fingerprint density at radius 1 is 1.06 bits per heavy atom. The molecule has 5 rings (SSSR count). The number of nitrogens with one attached hydrogen (secondary N) is 1. The van der Waals surface area contributed by atoms with Crippen molar-refractivity contribution in [3.8, 4) is 0 Å². The van der Waals surface area contributed by atoms with E-state index in [0.29, 0.717) is 15.7 Å². The molecule has 2 aromatic rings. The van der Waals surface area contributed by atoms with Crippen molar-refractivity contribution >= 4 is 62.5 Å². The normalized spacial score (nSPS) is 26.5. The molecule has 5 unspecified atom stereocenters. The van der Waals surface area contributed by atoms with Gasteiger partial charge in [0.15, 0.2) is 0 Å². The number of halogens is 3. The summed E-state index contributed by atoms with van der Waals surface area (Å²) in [6, 6.07) is 11.5. The lowest BCUT2D eigenvalue weighted by Crippen LogP contribution is -2.38. The van der Waals surface area contributed by atoms with Crippen LogP contribution in [0, 0.1) is 23.7 Å². The number of fused-ring (bicyclic) bond motifs is 5. The molecule has 3 amide bonds. The molecular formula is C24H19BrCl2N2O3. The first-order chi connectivity index (χ1) is 15.3. The average molecular weight is 534 g/mol. The Kier molecular flexibility index (Phi) is 5.64. The van der Waals surface area contributed by atoms with Gasteiger partial charge in [0, 0.05) is 9.50 Å². The summed E-state index contributed by atoms with van der Waals surface area (Å²) in [5, 5.41) is 3.56. The lowest BCUT2D eigenvalue weighted by Gasteiger charge is -2.28. The van der Waals surface area contributed by atoms with Crippen molar-refractivity contribution in [1.29, 1.82) is 0 Å². The maximum atomic E-state index is 13.4. The number of carbonyl (C=O) groups is 3. The number of benzene rings is 2. The van der Waals surface area contributed by atoms with Crippen LogP contribution in [0.4, 0.5) is 5.69 Å². The van der Waals surface area contributed by atoms with Crippen LogP contribution in [-0.4, -0.2) is 22.6 Å². The van der Waals surface area contributed by atoms with Gasteiger partial charge in [-0.1, -0.05) is 63.4 Å². The summed E-state index contributed by atoms with van der Waals surface area (Å²) in [6.45, 7) is 0. The highest BCUT2D eigenvalue weighted by Crippen LogP contribution is 2.54. The number of hydrogen-bond donors (Lipinski definition) is 1. The third kappa shape index (κ3) is 3.68. The minimum Gasteiger partial charge on any atom is -0.325 e. The number of allylic oxidation sites excluding steroid dienone is 2. The molecule has 1 heterocycles. The van der Waals surface area contributed by atoms with Crippen molar-refractivity contribution in [1.82, 2.24) is 4.90 Å². The highest BCUT2D eigenvalue weighted by molar-refractivity contribution is 9.10. The van der Waals surface area contributed by atoms with Gasteiger partial charge >= 0.3 is 0 Å². The SMILES string of the molecule is O=C(CC(c1cccc(Br)c1)N1C(=O)C2C3C=CC(C3)C2C1=O)Nc1ccc(Cl)cc1Cl. The highest BCUT2D eigenvalue weighted by atomic mass is 79.9. The molecule has 2 fully saturated rings. The highest BCUT2D eigenvalue weighted by Gasteiger charge is 2.60. The number of hydrogen-bond acceptors (Lipinski definition) is 3. The van der Waals surface area contributed by atoms with Crippen molar-refractivity contribution in [2.45, 2.75) is 18.9 Å². The molecule has 5 atom stereocenters. The second-order valence-corrected chi connectivity index (χ2v) is 10.3. The second-order valence-electron chi connectivity index (χ2n) is 8.49. The Morgan fingerprint density at radius 3 is 2.38 bits per heavy atom. The number of likely N-dealkylation sites (tertiary alicyclic amines) is 1. The fraction of sp³-hybridized carbons (Fsp3) is 0.292. The van der Waals surface area contributed by atoms with E-state index in [1.54, 1.807) is 18.2 Å². The number of rotatable bonds is 5. The largest absolute Gasteiger partial charge is 0.325 e. The smallest absolute Gasteiger partial charge is 0.234 e. The molecule has 164 valence electrons. The number of nitrogens with zero attached hydrogens (tertiary/aromatic N) is 1. The predicted molar refractivity (Wildman–Crippen MR) is 126 cm³/mol. The van der Waals surface area contributed by atoms with Crippen LogP contribution < -0.4 is 5.32 Å². The van der Waals surface area contributed by atoms with E-state index in [-0.39, 0.29) is 47.8 Å². The zero-order valence-corrected chi connectivity index (χ0v) is 19.9. The van der Waals surface area contributed by atoms with Gasteiger partial charge in [-0.05, 0) is 54.2 Å². The molecular weight excluding hydrogens is 515 g/mol. The zero-order chi connectivity index (χ0) is 22.6. The molecule has 3 aliphatic rings. The number of carbonyl (C=O) groups excluding carboxylic acids is 3. The number of imide groups is 1. The van der Waals surface area contributed by atoms with E-state index in [9.17, 15) is 14.4 Å². The van der Waals surface area contributed by atoms with Gasteiger partial charge < -0.3 is 5.32 Å². The Morgan fingerprint density at radius 2 is 1.75 bits per heavy atom. The topological polar surface area (TPSA) is 66.5 Å². The Bertz CT molecular complexity index is 1140. The van der Waals surface area contributed by atoms with Crippen LogP contribution in [0.1, 0.15) is 24.4 Å². The summed E-state index contributed by atoms with van der Waals surface area (Å²) in [4.78, 5) is 41.1. The molecule has 2 bridgehead atoms. The van der Waals surface area contributed by atoms with Crippen LogP contribution in [0.15, 0.2) is 59.1 Å². The fourth-order valence-electron chi connectivity index (χ4n) is 5.27. The summed E-state index contributed by atoms with van der Waals surface area (Å²) in [7, 11) is 0. The first-order valence-corrected chi connectivity index (χ1v) is 11.9. The second kappa shape index (κ2) is 8.32. The molecule has 0 radical (unpaired) electrons.